The van der Waals surface area contributed by atoms with Crippen molar-refractivity contribution in [1.82, 2.24) is 15.1 Å². The van der Waals surface area contributed by atoms with Gasteiger partial charge in [-0.2, -0.15) is 4.98 Å². The Bertz CT molecular complexity index is 759. The summed E-state index contributed by atoms with van der Waals surface area (Å²) < 4.78 is 10.8. The third-order valence-corrected chi connectivity index (χ3v) is 3.99. The van der Waals surface area contributed by atoms with Crippen molar-refractivity contribution in [3.63, 3.8) is 0 Å². The number of rotatable bonds is 5. The number of hydrogen-bond donors (Lipinski definition) is 0. The lowest BCUT2D eigenvalue weighted by Gasteiger charge is -2.17. The predicted molar refractivity (Wildman–Crippen MR) is 89.2 cm³/mol. The SMILES string of the molecule is CC(C)(C)OCc1nc(Cc2csc(-c3ccccc3)n2)no1. The Kier molecular flexibility index (Phi) is 4.54. The van der Waals surface area contributed by atoms with E-state index < -0.39 is 0 Å². The number of ether oxygens (including phenoxy) is 1. The van der Waals surface area contributed by atoms with Crippen LogP contribution in [0.2, 0.25) is 0 Å². The summed E-state index contributed by atoms with van der Waals surface area (Å²) in [6.45, 7) is 6.29. The van der Waals surface area contributed by atoms with Gasteiger partial charge in [-0.25, -0.2) is 4.98 Å². The van der Waals surface area contributed by atoms with Gasteiger partial charge in [-0.1, -0.05) is 35.5 Å². The number of nitrogens with zero attached hydrogens (tertiary/aromatic N) is 3. The summed E-state index contributed by atoms with van der Waals surface area (Å²) in [5, 5.41) is 7.02. The molecule has 120 valence electrons. The number of thiazole rings is 1. The van der Waals surface area contributed by atoms with Crippen molar-refractivity contribution in [1.29, 1.82) is 0 Å². The molecule has 0 saturated carbocycles. The molecule has 0 atom stereocenters. The molecule has 2 heterocycles. The van der Waals surface area contributed by atoms with E-state index in [4.69, 9.17) is 9.26 Å². The van der Waals surface area contributed by atoms with Gasteiger partial charge in [0.05, 0.1) is 17.7 Å². The van der Waals surface area contributed by atoms with Crippen molar-refractivity contribution in [2.75, 3.05) is 0 Å². The number of aromatic nitrogens is 3. The van der Waals surface area contributed by atoms with Crippen LogP contribution in [-0.2, 0) is 17.8 Å². The molecule has 0 N–H and O–H groups in total. The molecule has 0 fully saturated rings. The van der Waals surface area contributed by atoms with Crippen LogP contribution >= 0.6 is 11.3 Å². The molecule has 3 rings (SSSR count). The summed E-state index contributed by atoms with van der Waals surface area (Å²) in [6.07, 6.45) is 0.558. The molecule has 0 saturated heterocycles. The van der Waals surface area contributed by atoms with Crippen LogP contribution in [0.4, 0.5) is 0 Å². The van der Waals surface area contributed by atoms with Gasteiger partial charge >= 0.3 is 0 Å². The van der Waals surface area contributed by atoms with Gasteiger partial charge in [-0.05, 0) is 20.8 Å². The minimum Gasteiger partial charge on any atom is -0.366 e. The van der Waals surface area contributed by atoms with E-state index in [1.807, 2.05) is 44.4 Å². The normalized spacial score (nSPS) is 11.8. The van der Waals surface area contributed by atoms with Gasteiger partial charge in [0, 0.05) is 10.9 Å². The van der Waals surface area contributed by atoms with E-state index in [9.17, 15) is 0 Å². The van der Waals surface area contributed by atoms with E-state index in [1.165, 1.54) is 0 Å². The second-order valence-corrected chi connectivity index (χ2v) is 7.05. The van der Waals surface area contributed by atoms with Crippen molar-refractivity contribution < 1.29 is 9.26 Å². The summed E-state index contributed by atoms with van der Waals surface area (Å²) in [4.78, 5) is 8.99. The lowest BCUT2D eigenvalue weighted by molar-refractivity contribution is -0.0260. The Morgan fingerprint density at radius 1 is 1.13 bits per heavy atom. The lowest BCUT2D eigenvalue weighted by Crippen LogP contribution is -2.18. The third kappa shape index (κ3) is 4.46. The molecule has 2 aromatic heterocycles. The van der Waals surface area contributed by atoms with Crippen molar-refractivity contribution in [3.05, 3.63) is 53.1 Å². The second-order valence-electron chi connectivity index (χ2n) is 6.19. The second kappa shape index (κ2) is 6.60. The van der Waals surface area contributed by atoms with Crippen LogP contribution in [0.25, 0.3) is 10.6 Å². The standard InChI is InChI=1S/C17H19N3O2S/c1-17(2,3)21-10-15-19-14(20-22-15)9-13-11-23-16(18-13)12-7-5-4-6-8-12/h4-8,11H,9-10H2,1-3H3. The summed E-state index contributed by atoms with van der Waals surface area (Å²) >= 11 is 1.62. The topological polar surface area (TPSA) is 61.0 Å². The first-order valence-corrected chi connectivity index (χ1v) is 8.33. The van der Waals surface area contributed by atoms with Crippen LogP contribution in [-0.4, -0.2) is 20.7 Å². The Morgan fingerprint density at radius 3 is 2.65 bits per heavy atom. The van der Waals surface area contributed by atoms with Gasteiger partial charge in [-0.3, -0.25) is 0 Å². The molecule has 0 unspecified atom stereocenters. The fraction of sp³-hybridized carbons (Fsp3) is 0.353. The highest BCUT2D eigenvalue weighted by Gasteiger charge is 2.14. The Hall–Kier alpha value is -2.05. The van der Waals surface area contributed by atoms with E-state index in [2.05, 4.69) is 27.3 Å². The highest BCUT2D eigenvalue weighted by Crippen LogP contribution is 2.24. The average molecular weight is 329 g/mol. The molecule has 1 aromatic carbocycles. The summed E-state index contributed by atoms with van der Waals surface area (Å²) in [5.74, 6) is 1.12. The van der Waals surface area contributed by atoms with Crippen molar-refractivity contribution in [3.8, 4) is 10.6 Å². The summed E-state index contributed by atoms with van der Waals surface area (Å²) in [5.41, 5.74) is 1.84. The van der Waals surface area contributed by atoms with Gasteiger partial charge in [0.2, 0.25) is 0 Å². The molecule has 5 nitrogen and oxygen atoms in total. The highest BCUT2D eigenvalue weighted by atomic mass is 32.1. The number of hydrogen-bond acceptors (Lipinski definition) is 6. The molecule has 0 bridgehead atoms. The van der Waals surface area contributed by atoms with Crippen LogP contribution < -0.4 is 0 Å². The van der Waals surface area contributed by atoms with Crippen molar-refractivity contribution in [2.45, 2.75) is 39.4 Å². The Morgan fingerprint density at radius 2 is 1.91 bits per heavy atom. The minimum atomic E-state index is -0.228. The van der Waals surface area contributed by atoms with Gasteiger partial charge < -0.3 is 9.26 Å². The maximum atomic E-state index is 5.63. The largest absolute Gasteiger partial charge is 0.366 e. The molecular weight excluding hydrogens is 310 g/mol. The molecule has 0 aliphatic carbocycles. The molecule has 0 radical (unpaired) electrons. The zero-order valence-corrected chi connectivity index (χ0v) is 14.3. The van der Waals surface area contributed by atoms with Crippen LogP contribution in [0.5, 0.6) is 0 Å². The molecule has 23 heavy (non-hydrogen) atoms. The molecular formula is C17H19N3O2S. The van der Waals surface area contributed by atoms with E-state index in [0.29, 0.717) is 24.7 Å². The zero-order chi connectivity index (χ0) is 16.3. The van der Waals surface area contributed by atoms with Gasteiger partial charge in [0.15, 0.2) is 5.82 Å². The van der Waals surface area contributed by atoms with E-state index >= 15 is 0 Å². The molecule has 0 aliphatic heterocycles. The zero-order valence-electron chi connectivity index (χ0n) is 13.4. The fourth-order valence-electron chi connectivity index (χ4n) is 1.96. The smallest absolute Gasteiger partial charge is 0.252 e. The average Bonchev–Trinajstić information content (AvgIpc) is 3.15. The fourth-order valence-corrected chi connectivity index (χ4v) is 2.79. The maximum Gasteiger partial charge on any atom is 0.252 e. The van der Waals surface area contributed by atoms with Gasteiger partial charge in [0.25, 0.3) is 5.89 Å². The molecule has 0 spiro atoms. The van der Waals surface area contributed by atoms with E-state index in [-0.39, 0.29) is 5.60 Å². The first-order valence-electron chi connectivity index (χ1n) is 7.45. The van der Waals surface area contributed by atoms with E-state index in [0.717, 1.165) is 16.3 Å². The predicted octanol–water partition coefficient (Wildman–Crippen LogP) is 4.10. The molecule has 6 heteroatoms. The lowest BCUT2D eigenvalue weighted by atomic mass is 10.2. The monoisotopic (exact) mass is 329 g/mol. The first kappa shape index (κ1) is 15.8. The minimum absolute atomic E-state index is 0.228. The van der Waals surface area contributed by atoms with Crippen molar-refractivity contribution in [2.24, 2.45) is 0 Å². The van der Waals surface area contributed by atoms with Crippen LogP contribution in [0.1, 0.15) is 38.2 Å². The van der Waals surface area contributed by atoms with Gasteiger partial charge in [-0.15, -0.1) is 11.3 Å². The summed E-state index contributed by atoms with van der Waals surface area (Å²) in [6, 6.07) is 10.1. The van der Waals surface area contributed by atoms with Crippen LogP contribution in [0.15, 0.2) is 40.2 Å². The highest BCUT2D eigenvalue weighted by molar-refractivity contribution is 7.13. The van der Waals surface area contributed by atoms with Gasteiger partial charge in [0.1, 0.15) is 11.6 Å². The maximum absolute atomic E-state index is 5.63. The van der Waals surface area contributed by atoms with Crippen LogP contribution in [0, 0.1) is 0 Å². The van der Waals surface area contributed by atoms with E-state index in [1.54, 1.807) is 11.3 Å². The first-order chi connectivity index (χ1) is 11.0. The van der Waals surface area contributed by atoms with Crippen LogP contribution in [0.3, 0.4) is 0 Å². The number of benzene rings is 1. The quantitative estimate of drug-likeness (QED) is 0.705. The Labute approximate surface area is 139 Å². The molecule has 0 amide bonds. The Balaban J connectivity index is 1.64. The molecule has 0 aliphatic rings. The summed E-state index contributed by atoms with van der Waals surface area (Å²) in [7, 11) is 0. The third-order valence-electron chi connectivity index (χ3n) is 3.05. The molecule has 3 aromatic rings. The van der Waals surface area contributed by atoms with Crippen molar-refractivity contribution >= 4 is 11.3 Å².